The second-order valence-corrected chi connectivity index (χ2v) is 9.86. The Hall–Kier alpha value is 0.140. The van der Waals surface area contributed by atoms with Gasteiger partial charge in [-0.05, 0) is 10.4 Å². The fraction of sp³-hybridized carbons (Fsp3) is 0.200. The van der Waals surface area contributed by atoms with Crippen molar-refractivity contribution in [2.45, 2.75) is 2.14 Å². The Balaban J connectivity index is 2.51. The molecular formula is C5H2Br3N5S. The fourth-order valence-electron chi connectivity index (χ4n) is 0.813. The quantitative estimate of drug-likeness (QED) is 0.686. The molecule has 14 heavy (non-hydrogen) atoms. The molecule has 0 unspecified atom stereocenters. The van der Waals surface area contributed by atoms with E-state index in [-0.39, 0.29) is 0 Å². The van der Waals surface area contributed by atoms with Gasteiger partial charge in [0, 0.05) is 11.6 Å². The van der Waals surface area contributed by atoms with Crippen LogP contribution in [0.2, 0.25) is 0 Å². The van der Waals surface area contributed by atoms with Gasteiger partial charge in [-0.25, -0.2) is 4.98 Å². The number of aromatic nitrogens is 5. The third kappa shape index (κ3) is 2.05. The average molecular weight is 404 g/mol. The number of alkyl halides is 3. The maximum absolute atomic E-state index is 4.11. The topological polar surface area (TPSA) is 56.5 Å². The molecule has 0 saturated carbocycles. The van der Waals surface area contributed by atoms with Gasteiger partial charge in [0.05, 0.1) is 0 Å². The zero-order valence-corrected chi connectivity index (χ0v) is 12.0. The lowest BCUT2D eigenvalue weighted by Crippen LogP contribution is -2.10. The smallest absolute Gasteiger partial charge is 0.213 e. The molecule has 0 fully saturated rings. The van der Waals surface area contributed by atoms with Gasteiger partial charge in [-0.15, -0.1) is 16.4 Å². The predicted octanol–water partition coefficient (Wildman–Crippen LogP) is 2.41. The van der Waals surface area contributed by atoms with E-state index in [9.17, 15) is 0 Å². The van der Waals surface area contributed by atoms with E-state index in [0.29, 0.717) is 11.0 Å². The molecule has 0 atom stereocenters. The third-order valence-corrected chi connectivity index (χ3v) is 3.13. The first kappa shape index (κ1) is 10.7. The van der Waals surface area contributed by atoms with E-state index < -0.39 is 2.14 Å². The first-order valence-corrected chi connectivity index (χ1v) is 6.60. The maximum atomic E-state index is 4.11. The monoisotopic (exact) mass is 401 g/mol. The molecule has 74 valence electrons. The average Bonchev–Trinajstić information content (AvgIpc) is 2.73. The van der Waals surface area contributed by atoms with E-state index in [1.54, 1.807) is 10.9 Å². The molecule has 2 aromatic rings. The van der Waals surface area contributed by atoms with Crippen LogP contribution in [0.5, 0.6) is 0 Å². The second kappa shape index (κ2) is 3.95. The second-order valence-electron chi connectivity index (χ2n) is 2.23. The molecule has 0 N–H and O–H groups in total. The highest BCUT2D eigenvalue weighted by molar-refractivity contribution is 9.38. The molecule has 0 radical (unpaired) electrons. The van der Waals surface area contributed by atoms with Gasteiger partial charge in [0.25, 0.3) is 0 Å². The van der Waals surface area contributed by atoms with Crippen LogP contribution in [0.3, 0.4) is 0 Å². The van der Waals surface area contributed by atoms with Gasteiger partial charge >= 0.3 is 0 Å². The van der Waals surface area contributed by atoms with Crippen LogP contribution in [0.25, 0.3) is 5.13 Å². The van der Waals surface area contributed by atoms with Crippen molar-refractivity contribution in [2.75, 3.05) is 0 Å². The molecule has 0 aliphatic heterocycles. The van der Waals surface area contributed by atoms with Crippen LogP contribution in [-0.2, 0) is 2.14 Å². The predicted molar refractivity (Wildman–Crippen MR) is 63.3 cm³/mol. The molecule has 0 aliphatic carbocycles. The van der Waals surface area contributed by atoms with Crippen molar-refractivity contribution in [3.05, 3.63) is 17.4 Å². The number of hydrogen-bond acceptors (Lipinski definition) is 5. The maximum Gasteiger partial charge on any atom is 0.213 e. The number of tetrazole rings is 1. The summed E-state index contributed by atoms with van der Waals surface area (Å²) in [4.78, 5) is 4.11. The van der Waals surface area contributed by atoms with Gasteiger partial charge in [0.15, 0.2) is 7.97 Å². The van der Waals surface area contributed by atoms with Crippen LogP contribution >= 0.6 is 59.1 Å². The summed E-state index contributed by atoms with van der Waals surface area (Å²) in [5, 5.41) is 13.9. The van der Waals surface area contributed by atoms with Crippen molar-refractivity contribution in [3.8, 4) is 5.13 Å². The first-order valence-electron chi connectivity index (χ1n) is 3.34. The Morgan fingerprint density at radius 2 is 2.14 bits per heavy atom. The summed E-state index contributed by atoms with van der Waals surface area (Å²) in [6.45, 7) is 0. The molecule has 0 bridgehead atoms. The van der Waals surface area contributed by atoms with Crippen LogP contribution in [-0.4, -0.2) is 25.2 Å². The summed E-state index contributed by atoms with van der Waals surface area (Å²) in [5.41, 5.74) is 0. The van der Waals surface area contributed by atoms with Crippen molar-refractivity contribution < 1.29 is 0 Å². The zero-order chi connectivity index (χ0) is 10.2. The number of halogens is 3. The number of nitrogens with zero attached hydrogens (tertiary/aromatic N) is 5. The van der Waals surface area contributed by atoms with Crippen molar-refractivity contribution in [1.82, 2.24) is 25.2 Å². The Morgan fingerprint density at radius 3 is 2.71 bits per heavy atom. The Morgan fingerprint density at radius 1 is 1.36 bits per heavy atom. The van der Waals surface area contributed by atoms with Crippen molar-refractivity contribution in [1.29, 1.82) is 0 Å². The van der Waals surface area contributed by atoms with Crippen LogP contribution in [0.1, 0.15) is 5.82 Å². The molecular weight excluding hydrogens is 402 g/mol. The Kier molecular flexibility index (Phi) is 3.01. The molecule has 2 aromatic heterocycles. The summed E-state index contributed by atoms with van der Waals surface area (Å²) in [5.74, 6) is 0.576. The standard InChI is InChI=1S/C5H2Br3N5S/c6-5(7,8)3-10-11-12-13(3)4-9-1-2-14-4/h1-2H. The summed E-state index contributed by atoms with van der Waals surface area (Å²) >= 11 is 11.5. The number of thiazole rings is 1. The highest BCUT2D eigenvalue weighted by atomic mass is 80.0. The Bertz CT molecular complexity index is 419. The molecule has 0 aliphatic rings. The van der Waals surface area contributed by atoms with Gasteiger partial charge in [0.2, 0.25) is 5.13 Å². The van der Waals surface area contributed by atoms with Crippen LogP contribution in [0, 0.1) is 0 Å². The Labute approximate surface area is 108 Å². The minimum Gasteiger partial charge on any atom is -0.227 e. The van der Waals surface area contributed by atoms with Crippen molar-refractivity contribution >= 4 is 59.1 Å². The van der Waals surface area contributed by atoms with Gasteiger partial charge in [0.1, 0.15) is 0 Å². The van der Waals surface area contributed by atoms with Crippen LogP contribution < -0.4 is 0 Å². The first-order chi connectivity index (χ1) is 6.59. The molecule has 0 spiro atoms. The molecule has 5 nitrogen and oxygen atoms in total. The normalized spacial score (nSPS) is 11.9. The molecule has 2 heterocycles. The third-order valence-electron chi connectivity index (χ3n) is 1.32. The van der Waals surface area contributed by atoms with E-state index >= 15 is 0 Å². The molecule has 9 heteroatoms. The highest BCUT2D eigenvalue weighted by Gasteiger charge is 2.29. The van der Waals surface area contributed by atoms with Gasteiger partial charge in [-0.2, -0.15) is 4.68 Å². The summed E-state index contributed by atoms with van der Waals surface area (Å²) < 4.78 is 0.908. The van der Waals surface area contributed by atoms with Gasteiger partial charge in [-0.1, -0.05) is 47.8 Å². The molecule has 0 aromatic carbocycles. The SMILES string of the molecule is BrC(Br)(Br)c1nnnn1-c1nccs1. The van der Waals surface area contributed by atoms with E-state index in [4.69, 9.17) is 0 Å². The van der Waals surface area contributed by atoms with Crippen LogP contribution in [0.15, 0.2) is 11.6 Å². The van der Waals surface area contributed by atoms with E-state index in [1.807, 2.05) is 5.38 Å². The number of rotatable bonds is 1. The minimum absolute atomic E-state index is 0.576. The van der Waals surface area contributed by atoms with Crippen LogP contribution in [0.4, 0.5) is 0 Å². The molecule has 0 saturated heterocycles. The van der Waals surface area contributed by atoms with E-state index in [2.05, 4.69) is 68.3 Å². The van der Waals surface area contributed by atoms with E-state index in [0.717, 1.165) is 0 Å². The minimum atomic E-state index is -0.637. The lowest BCUT2D eigenvalue weighted by atomic mass is 10.7. The summed E-state index contributed by atoms with van der Waals surface area (Å²) in [6, 6.07) is 0. The summed E-state index contributed by atoms with van der Waals surface area (Å²) in [6.07, 6.45) is 1.70. The fourth-order valence-corrected chi connectivity index (χ4v) is 2.14. The lowest BCUT2D eigenvalue weighted by molar-refractivity contribution is 0.770. The van der Waals surface area contributed by atoms with Gasteiger partial charge in [-0.3, -0.25) is 0 Å². The molecule has 2 rings (SSSR count). The zero-order valence-electron chi connectivity index (χ0n) is 6.43. The highest BCUT2D eigenvalue weighted by Crippen LogP contribution is 2.43. The van der Waals surface area contributed by atoms with Gasteiger partial charge < -0.3 is 0 Å². The molecule has 0 amide bonds. The summed E-state index contributed by atoms with van der Waals surface area (Å²) in [7, 11) is 0. The van der Waals surface area contributed by atoms with Crippen molar-refractivity contribution in [2.24, 2.45) is 0 Å². The lowest BCUT2D eigenvalue weighted by Gasteiger charge is -2.09. The van der Waals surface area contributed by atoms with Crippen molar-refractivity contribution in [3.63, 3.8) is 0 Å². The number of hydrogen-bond donors (Lipinski definition) is 0. The van der Waals surface area contributed by atoms with E-state index in [1.165, 1.54) is 11.3 Å². The largest absolute Gasteiger partial charge is 0.227 e.